The Balaban J connectivity index is 1.98. The van der Waals surface area contributed by atoms with E-state index in [0.717, 1.165) is 35.4 Å². The largest absolute Gasteiger partial charge is 0.507 e. The van der Waals surface area contributed by atoms with E-state index in [2.05, 4.69) is 9.98 Å². The molecule has 3 nitrogen and oxygen atoms in total. The van der Waals surface area contributed by atoms with Gasteiger partial charge in [0.1, 0.15) is 5.75 Å². The predicted molar refractivity (Wildman–Crippen MR) is 76.3 cm³/mol. The predicted octanol–water partition coefficient (Wildman–Crippen LogP) is 3.06. The first-order valence-corrected chi connectivity index (χ1v) is 6.28. The lowest BCUT2D eigenvalue weighted by molar-refractivity contribution is 0.474. The number of pyridine rings is 1. The highest BCUT2D eigenvalue weighted by Gasteiger charge is 2.15. The number of phenolic OH excluding ortho intramolecular Hbond substituents is 1. The van der Waals surface area contributed by atoms with E-state index in [1.807, 2.05) is 42.6 Å². The number of aromatic nitrogens is 1. The molecule has 0 aliphatic carbocycles. The van der Waals surface area contributed by atoms with Crippen LogP contribution in [0.3, 0.4) is 0 Å². The summed E-state index contributed by atoms with van der Waals surface area (Å²) in [4.78, 5) is 8.67. The summed E-state index contributed by atoms with van der Waals surface area (Å²) in [6.07, 6.45) is 6.49. The van der Waals surface area contributed by atoms with Crippen LogP contribution in [0.2, 0.25) is 0 Å². The zero-order valence-corrected chi connectivity index (χ0v) is 10.5. The minimum Gasteiger partial charge on any atom is -0.507 e. The summed E-state index contributed by atoms with van der Waals surface area (Å²) in [5, 5.41) is 9.83. The summed E-state index contributed by atoms with van der Waals surface area (Å²) >= 11 is 0. The maximum absolute atomic E-state index is 9.83. The summed E-state index contributed by atoms with van der Waals surface area (Å²) in [5.41, 5.74) is 3.99. The highest BCUT2D eigenvalue weighted by molar-refractivity contribution is 6.16. The Hall–Kier alpha value is -2.42. The zero-order chi connectivity index (χ0) is 13.1. The molecule has 19 heavy (non-hydrogen) atoms. The number of benzene rings is 1. The van der Waals surface area contributed by atoms with E-state index in [1.165, 1.54) is 0 Å². The van der Waals surface area contributed by atoms with Gasteiger partial charge in [0.2, 0.25) is 0 Å². The van der Waals surface area contributed by atoms with E-state index < -0.39 is 0 Å². The minimum absolute atomic E-state index is 0.299. The summed E-state index contributed by atoms with van der Waals surface area (Å²) in [6, 6.07) is 11.3. The number of hydrogen-bond acceptors (Lipinski definition) is 3. The molecule has 0 bridgehead atoms. The van der Waals surface area contributed by atoms with Crippen LogP contribution in [0.4, 0.5) is 0 Å². The molecule has 3 heteroatoms. The normalized spacial score (nSPS) is 16.6. The first kappa shape index (κ1) is 11.7. The second kappa shape index (κ2) is 5.06. The summed E-state index contributed by atoms with van der Waals surface area (Å²) in [6.45, 7) is 0.795. The Bertz CT molecular complexity index is 645. The van der Waals surface area contributed by atoms with Crippen molar-refractivity contribution in [2.45, 2.75) is 6.42 Å². The lowest BCUT2D eigenvalue weighted by atomic mass is 10.0. The number of rotatable bonds is 2. The number of aromatic hydroxyl groups is 1. The molecule has 2 aromatic rings. The smallest absolute Gasteiger partial charge is 0.122 e. The number of nitrogens with zero attached hydrogens (tertiary/aromatic N) is 2. The van der Waals surface area contributed by atoms with Crippen LogP contribution in [-0.2, 0) is 0 Å². The van der Waals surface area contributed by atoms with Gasteiger partial charge < -0.3 is 5.11 Å². The molecule has 0 atom stereocenters. The van der Waals surface area contributed by atoms with Gasteiger partial charge in [-0.25, -0.2) is 0 Å². The van der Waals surface area contributed by atoms with E-state index in [-0.39, 0.29) is 0 Å². The zero-order valence-electron chi connectivity index (χ0n) is 10.5. The Morgan fingerprint density at radius 1 is 1.11 bits per heavy atom. The van der Waals surface area contributed by atoms with Crippen LogP contribution in [0.1, 0.15) is 17.5 Å². The summed E-state index contributed by atoms with van der Waals surface area (Å²) < 4.78 is 0. The second-order valence-electron chi connectivity index (χ2n) is 4.45. The SMILES string of the molecule is Oc1ccccc1/C=C1\CCN=C1c1cccnc1. The van der Waals surface area contributed by atoms with E-state index in [0.29, 0.717) is 5.75 Å². The molecule has 94 valence electrons. The fourth-order valence-corrected chi connectivity index (χ4v) is 2.23. The molecule has 2 heterocycles. The van der Waals surface area contributed by atoms with Crippen molar-refractivity contribution in [3.63, 3.8) is 0 Å². The molecule has 0 radical (unpaired) electrons. The standard InChI is InChI=1S/C16H14N2O/c19-15-6-2-1-4-12(15)10-13-7-9-18-16(13)14-5-3-8-17-11-14/h1-6,8,10-11,19H,7,9H2/b13-10+. The monoisotopic (exact) mass is 250 g/mol. The number of para-hydroxylation sites is 1. The first-order chi connectivity index (χ1) is 9.34. The molecule has 3 rings (SSSR count). The summed E-state index contributed by atoms with van der Waals surface area (Å²) in [7, 11) is 0. The molecule has 0 fully saturated rings. The Morgan fingerprint density at radius 3 is 2.79 bits per heavy atom. The molecule has 0 spiro atoms. The number of hydrogen-bond donors (Lipinski definition) is 1. The van der Waals surface area contributed by atoms with Gasteiger partial charge in [0.15, 0.2) is 0 Å². The molecule has 1 aromatic carbocycles. The van der Waals surface area contributed by atoms with Crippen LogP contribution in [0, 0.1) is 0 Å². The van der Waals surface area contributed by atoms with Gasteiger partial charge in [-0.2, -0.15) is 0 Å². The lowest BCUT2D eigenvalue weighted by Gasteiger charge is -2.05. The van der Waals surface area contributed by atoms with Crippen molar-refractivity contribution in [3.05, 3.63) is 65.5 Å². The van der Waals surface area contributed by atoms with E-state index in [1.54, 1.807) is 12.3 Å². The lowest BCUT2D eigenvalue weighted by Crippen LogP contribution is -2.00. The topological polar surface area (TPSA) is 45.5 Å². The third-order valence-corrected chi connectivity index (χ3v) is 3.16. The van der Waals surface area contributed by atoms with Crippen LogP contribution >= 0.6 is 0 Å². The maximum Gasteiger partial charge on any atom is 0.122 e. The van der Waals surface area contributed by atoms with Crippen molar-refractivity contribution in [2.24, 2.45) is 4.99 Å². The van der Waals surface area contributed by atoms with Gasteiger partial charge in [-0.05, 0) is 36.3 Å². The Morgan fingerprint density at radius 2 is 2.00 bits per heavy atom. The van der Waals surface area contributed by atoms with Gasteiger partial charge in [0.25, 0.3) is 0 Å². The average Bonchev–Trinajstić information content (AvgIpc) is 2.91. The molecule has 1 N–H and O–H groups in total. The van der Waals surface area contributed by atoms with Gasteiger partial charge in [-0.15, -0.1) is 0 Å². The third kappa shape index (κ3) is 2.40. The molecule has 1 aliphatic rings. The Labute approximate surface area is 112 Å². The highest BCUT2D eigenvalue weighted by atomic mass is 16.3. The maximum atomic E-state index is 9.83. The molecule has 1 aromatic heterocycles. The van der Waals surface area contributed by atoms with Crippen LogP contribution in [0.5, 0.6) is 5.75 Å². The second-order valence-corrected chi connectivity index (χ2v) is 4.45. The molecule has 0 saturated carbocycles. The van der Waals surface area contributed by atoms with Crippen molar-refractivity contribution in [1.82, 2.24) is 4.98 Å². The van der Waals surface area contributed by atoms with Crippen LogP contribution in [-0.4, -0.2) is 22.3 Å². The summed E-state index contributed by atoms with van der Waals surface area (Å²) in [5.74, 6) is 0.299. The van der Waals surface area contributed by atoms with Gasteiger partial charge in [0.05, 0.1) is 5.71 Å². The van der Waals surface area contributed by atoms with Gasteiger partial charge in [0, 0.05) is 30.1 Å². The van der Waals surface area contributed by atoms with Crippen molar-refractivity contribution in [1.29, 1.82) is 0 Å². The molecular weight excluding hydrogens is 236 g/mol. The number of aliphatic imine (C=N–C) groups is 1. The minimum atomic E-state index is 0.299. The van der Waals surface area contributed by atoms with Crippen LogP contribution < -0.4 is 0 Å². The van der Waals surface area contributed by atoms with Gasteiger partial charge in [-0.1, -0.05) is 18.2 Å². The van der Waals surface area contributed by atoms with E-state index in [4.69, 9.17) is 0 Å². The third-order valence-electron chi connectivity index (χ3n) is 3.16. The molecule has 0 amide bonds. The highest BCUT2D eigenvalue weighted by Crippen LogP contribution is 2.25. The van der Waals surface area contributed by atoms with E-state index >= 15 is 0 Å². The van der Waals surface area contributed by atoms with Crippen molar-refractivity contribution >= 4 is 11.8 Å². The van der Waals surface area contributed by atoms with Gasteiger partial charge in [-0.3, -0.25) is 9.98 Å². The first-order valence-electron chi connectivity index (χ1n) is 6.28. The molecule has 0 unspecified atom stereocenters. The van der Waals surface area contributed by atoms with Gasteiger partial charge >= 0.3 is 0 Å². The molecule has 0 saturated heterocycles. The quantitative estimate of drug-likeness (QED) is 0.890. The number of phenols is 1. The van der Waals surface area contributed by atoms with E-state index in [9.17, 15) is 5.11 Å². The fraction of sp³-hybridized carbons (Fsp3) is 0.125. The average molecular weight is 250 g/mol. The van der Waals surface area contributed by atoms with Crippen LogP contribution in [0.25, 0.3) is 6.08 Å². The molecular formula is C16H14N2O. The molecule has 1 aliphatic heterocycles. The van der Waals surface area contributed by atoms with Crippen molar-refractivity contribution in [3.8, 4) is 5.75 Å². The Kier molecular flexibility index (Phi) is 3.11. The van der Waals surface area contributed by atoms with Crippen LogP contribution in [0.15, 0.2) is 59.4 Å². The van der Waals surface area contributed by atoms with Crippen molar-refractivity contribution in [2.75, 3.05) is 6.54 Å². The fourth-order valence-electron chi connectivity index (χ4n) is 2.23. The van der Waals surface area contributed by atoms with Crippen molar-refractivity contribution < 1.29 is 5.11 Å².